The zero-order valence-corrected chi connectivity index (χ0v) is 16.1. The third-order valence-corrected chi connectivity index (χ3v) is 6.78. The number of nitrogens with zero attached hydrogens (tertiary/aromatic N) is 1. The molecule has 0 spiro atoms. The van der Waals surface area contributed by atoms with Crippen LogP contribution in [0.1, 0.15) is 57.9 Å². The maximum absolute atomic E-state index is 12.5. The van der Waals surface area contributed by atoms with Gasteiger partial charge in [0, 0.05) is 25.6 Å². The molecule has 1 fully saturated rings. The van der Waals surface area contributed by atoms with Gasteiger partial charge in [-0.3, -0.25) is 4.79 Å². The summed E-state index contributed by atoms with van der Waals surface area (Å²) >= 11 is 0. The molecule has 2 rings (SSSR count). The van der Waals surface area contributed by atoms with Crippen LogP contribution in [0.4, 0.5) is 0 Å². The first-order chi connectivity index (χ1) is 12.0. The van der Waals surface area contributed by atoms with Crippen molar-refractivity contribution in [3.8, 4) is 0 Å². The maximum atomic E-state index is 12.5. The zero-order valence-electron chi connectivity index (χ0n) is 15.3. The van der Waals surface area contributed by atoms with E-state index in [2.05, 4.69) is 12.2 Å². The number of rotatable bonds is 9. The fourth-order valence-corrected chi connectivity index (χ4v) is 4.68. The monoisotopic (exact) mass is 366 g/mol. The lowest BCUT2D eigenvalue weighted by Crippen LogP contribution is -2.30. The Morgan fingerprint density at radius 3 is 2.36 bits per heavy atom. The fourth-order valence-electron chi connectivity index (χ4n) is 3.16. The van der Waals surface area contributed by atoms with Gasteiger partial charge in [0.15, 0.2) is 0 Å². The van der Waals surface area contributed by atoms with Crippen LogP contribution in [0.3, 0.4) is 0 Å². The van der Waals surface area contributed by atoms with E-state index in [4.69, 9.17) is 0 Å². The Morgan fingerprint density at radius 2 is 1.80 bits per heavy atom. The number of nitrogens with one attached hydrogen (secondary N) is 1. The summed E-state index contributed by atoms with van der Waals surface area (Å²) in [5.74, 6) is 0.152. The Balaban J connectivity index is 1.93. The minimum Gasteiger partial charge on any atom is -0.352 e. The molecule has 1 amide bonds. The number of carbonyl (C=O) groups is 1. The molecule has 1 N–H and O–H groups in total. The average Bonchev–Trinajstić information content (AvgIpc) is 3.16. The molecule has 0 bridgehead atoms. The van der Waals surface area contributed by atoms with Crippen LogP contribution in [-0.4, -0.2) is 31.7 Å². The largest absolute Gasteiger partial charge is 0.352 e. The van der Waals surface area contributed by atoms with Gasteiger partial charge in [0.1, 0.15) is 0 Å². The van der Waals surface area contributed by atoms with Crippen LogP contribution in [-0.2, 0) is 21.4 Å². The number of sulfonamides is 1. The number of unbranched alkanes of at least 4 members (excludes halogenated alkanes) is 1. The SMILES string of the molecule is CCCCC(CC)C(=O)NCc1ccc(S(=O)(=O)N2CCCC2)cc1. The molecule has 0 aliphatic carbocycles. The summed E-state index contributed by atoms with van der Waals surface area (Å²) in [6.45, 7) is 5.82. The van der Waals surface area contributed by atoms with Crippen LogP contribution >= 0.6 is 0 Å². The van der Waals surface area contributed by atoms with Crippen molar-refractivity contribution in [2.45, 2.75) is 63.8 Å². The Hall–Kier alpha value is -1.40. The predicted molar refractivity (Wildman–Crippen MR) is 99.6 cm³/mol. The molecular formula is C19H30N2O3S. The first-order valence-corrected chi connectivity index (χ1v) is 10.8. The molecule has 1 aliphatic rings. The lowest BCUT2D eigenvalue weighted by Gasteiger charge is -2.16. The summed E-state index contributed by atoms with van der Waals surface area (Å²) in [5.41, 5.74) is 0.916. The van der Waals surface area contributed by atoms with Crippen molar-refractivity contribution in [2.75, 3.05) is 13.1 Å². The van der Waals surface area contributed by atoms with E-state index in [0.29, 0.717) is 24.5 Å². The molecule has 25 heavy (non-hydrogen) atoms. The van der Waals surface area contributed by atoms with Crippen molar-refractivity contribution in [1.82, 2.24) is 9.62 Å². The molecule has 6 heteroatoms. The molecular weight excluding hydrogens is 336 g/mol. The highest BCUT2D eigenvalue weighted by Crippen LogP contribution is 2.21. The Morgan fingerprint density at radius 1 is 1.16 bits per heavy atom. The quantitative estimate of drug-likeness (QED) is 0.729. The molecule has 1 saturated heterocycles. The van der Waals surface area contributed by atoms with Crippen molar-refractivity contribution >= 4 is 15.9 Å². The maximum Gasteiger partial charge on any atom is 0.243 e. The van der Waals surface area contributed by atoms with Gasteiger partial charge in [-0.1, -0.05) is 38.8 Å². The van der Waals surface area contributed by atoms with Crippen molar-refractivity contribution in [1.29, 1.82) is 0 Å². The minimum atomic E-state index is -3.37. The van der Waals surface area contributed by atoms with E-state index in [0.717, 1.165) is 44.1 Å². The van der Waals surface area contributed by atoms with Crippen LogP contribution < -0.4 is 5.32 Å². The van der Waals surface area contributed by atoms with Crippen LogP contribution in [0.5, 0.6) is 0 Å². The lowest BCUT2D eigenvalue weighted by atomic mass is 9.98. The van der Waals surface area contributed by atoms with Gasteiger partial charge in [0.05, 0.1) is 4.90 Å². The molecule has 0 aromatic heterocycles. The summed E-state index contributed by atoms with van der Waals surface area (Å²) in [4.78, 5) is 12.6. The average molecular weight is 367 g/mol. The lowest BCUT2D eigenvalue weighted by molar-refractivity contribution is -0.125. The summed E-state index contributed by atoms with van der Waals surface area (Å²) < 4.78 is 26.5. The van der Waals surface area contributed by atoms with E-state index in [-0.39, 0.29) is 11.8 Å². The van der Waals surface area contributed by atoms with Crippen LogP contribution in [0.15, 0.2) is 29.2 Å². The van der Waals surface area contributed by atoms with E-state index < -0.39 is 10.0 Å². The van der Waals surface area contributed by atoms with Gasteiger partial charge >= 0.3 is 0 Å². The van der Waals surface area contributed by atoms with E-state index in [9.17, 15) is 13.2 Å². The van der Waals surface area contributed by atoms with Gasteiger partial charge in [-0.15, -0.1) is 0 Å². The standard InChI is InChI=1S/C19H30N2O3S/c1-3-5-8-17(4-2)19(22)20-15-16-9-11-18(12-10-16)25(23,24)21-13-6-7-14-21/h9-12,17H,3-8,13-15H2,1-2H3,(H,20,22). The predicted octanol–water partition coefficient (Wildman–Crippen LogP) is 3.30. The van der Waals surface area contributed by atoms with E-state index in [1.807, 2.05) is 6.92 Å². The third-order valence-electron chi connectivity index (χ3n) is 4.86. The summed E-state index contributed by atoms with van der Waals surface area (Å²) in [6.07, 6.45) is 5.79. The highest BCUT2D eigenvalue weighted by atomic mass is 32.2. The molecule has 1 aliphatic heterocycles. The number of benzene rings is 1. The Bertz CT molecular complexity index is 650. The van der Waals surface area contributed by atoms with E-state index in [1.54, 1.807) is 28.6 Å². The number of carbonyl (C=O) groups excluding carboxylic acids is 1. The molecule has 140 valence electrons. The van der Waals surface area contributed by atoms with Gasteiger partial charge < -0.3 is 5.32 Å². The molecule has 0 radical (unpaired) electrons. The summed E-state index contributed by atoms with van der Waals surface area (Å²) in [7, 11) is -3.37. The smallest absolute Gasteiger partial charge is 0.243 e. The first-order valence-electron chi connectivity index (χ1n) is 9.35. The molecule has 1 atom stereocenters. The van der Waals surface area contributed by atoms with Gasteiger partial charge in [-0.25, -0.2) is 8.42 Å². The molecule has 1 unspecified atom stereocenters. The Labute approximate surface area is 151 Å². The van der Waals surface area contributed by atoms with E-state index in [1.165, 1.54) is 0 Å². The molecule has 1 aromatic rings. The van der Waals surface area contributed by atoms with Crippen molar-refractivity contribution < 1.29 is 13.2 Å². The molecule has 0 saturated carbocycles. The van der Waals surface area contributed by atoms with Gasteiger partial charge in [-0.05, 0) is 43.4 Å². The number of hydrogen-bond acceptors (Lipinski definition) is 3. The van der Waals surface area contributed by atoms with Crippen molar-refractivity contribution in [3.05, 3.63) is 29.8 Å². The van der Waals surface area contributed by atoms with E-state index >= 15 is 0 Å². The normalized spacial score (nSPS) is 16.7. The van der Waals surface area contributed by atoms with Gasteiger partial charge in [0.2, 0.25) is 15.9 Å². The highest BCUT2D eigenvalue weighted by Gasteiger charge is 2.26. The second-order valence-corrected chi connectivity index (χ2v) is 8.66. The topological polar surface area (TPSA) is 66.5 Å². The first kappa shape index (κ1) is 19.9. The zero-order chi connectivity index (χ0) is 18.3. The van der Waals surface area contributed by atoms with Crippen molar-refractivity contribution in [3.63, 3.8) is 0 Å². The van der Waals surface area contributed by atoms with Crippen LogP contribution in [0.25, 0.3) is 0 Å². The molecule has 5 nitrogen and oxygen atoms in total. The van der Waals surface area contributed by atoms with Crippen LogP contribution in [0, 0.1) is 5.92 Å². The second-order valence-electron chi connectivity index (χ2n) is 6.72. The number of hydrogen-bond donors (Lipinski definition) is 1. The molecule has 1 aromatic carbocycles. The second kappa shape index (κ2) is 9.34. The summed E-state index contributed by atoms with van der Waals surface area (Å²) in [5, 5.41) is 2.97. The minimum absolute atomic E-state index is 0.0646. The van der Waals surface area contributed by atoms with Gasteiger partial charge in [-0.2, -0.15) is 4.31 Å². The van der Waals surface area contributed by atoms with Gasteiger partial charge in [0.25, 0.3) is 0 Å². The highest BCUT2D eigenvalue weighted by molar-refractivity contribution is 7.89. The third kappa shape index (κ3) is 5.28. The van der Waals surface area contributed by atoms with Crippen molar-refractivity contribution in [2.24, 2.45) is 5.92 Å². The van der Waals surface area contributed by atoms with Crippen LogP contribution in [0.2, 0.25) is 0 Å². The molecule has 1 heterocycles. The summed E-state index contributed by atoms with van der Waals surface area (Å²) in [6, 6.07) is 6.86. The number of amides is 1. The Kier molecular flexibility index (Phi) is 7.44. The fraction of sp³-hybridized carbons (Fsp3) is 0.632.